The second-order valence-corrected chi connectivity index (χ2v) is 18.0. The first-order valence-corrected chi connectivity index (χ1v) is 17.3. The van der Waals surface area contributed by atoms with Crippen molar-refractivity contribution in [2.45, 2.75) is 213 Å². The largest absolute Gasteiger partial charge is 0.294 e. The monoisotopic (exact) mass is 561 g/mol. The summed E-state index contributed by atoms with van der Waals surface area (Å²) in [6, 6.07) is 1.88. The van der Waals surface area contributed by atoms with Gasteiger partial charge in [-0.1, -0.05) is 20.8 Å². The molecule has 0 bridgehead atoms. The summed E-state index contributed by atoms with van der Waals surface area (Å²) in [5.41, 5.74) is 1.27. The van der Waals surface area contributed by atoms with Gasteiger partial charge in [-0.15, -0.1) is 0 Å². The lowest BCUT2D eigenvalue weighted by Gasteiger charge is -2.65. The molecule has 0 aliphatic carbocycles. The van der Waals surface area contributed by atoms with Crippen LogP contribution in [0.25, 0.3) is 0 Å². The predicted molar refractivity (Wildman–Crippen MR) is 176 cm³/mol. The van der Waals surface area contributed by atoms with Crippen molar-refractivity contribution in [2.75, 3.05) is 19.6 Å². The molecule has 0 amide bonds. The summed E-state index contributed by atoms with van der Waals surface area (Å²) in [6.07, 6.45) is 11.4. The van der Waals surface area contributed by atoms with Gasteiger partial charge >= 0.3 is 0 Å². The zero-order chi connectivity index (χ0) is 30.5. The quantitative estimate of drug-likeness (QED) is 0.280. The van der Waals surface area contributed by atoms with Crippen molar-refractivity contribution >= 4 is 0 Å². The normalized spacial score (nSPS) is 29.7. The molecule has 3 aliphatic rings. The van der Waals surface area contributed by atoms with E-state index in [-0.39, 0.29) is 33.2 Å². The van der Waals surface area contributed by atoms with Gasteiger partial charge in [-0.05, 0) is 161 Å². The first kappa shape index (κ1) is 34.3. The lowest BCUT2D eigenvalue weighted by Crippen LogP contribution is -2.72. The van der Waals surface area contributed by atoms with E-state index in [0.29, 0.717) is 18.1 Å². The average Bonchev–Trinajstić information content (AvgIpc) is 2.74. The molecule has 3 heterocycles. The highest BCUT2D eigenvalue weighted by atomic mass is 15.4. The summed E-state index contributed by atoms with van der Waals surface area (Å²) in [5, 5.41) is 0. The van der Waals surface area contributed by atoms with Crippen LogP contribution in [0.4, 0.5) is 0 Å². The topological polar surface area (TPSA) is 13.0 Å². The molecule has 0 aromatic carbocycles. The molecule has 0 aromatic heterocycles. The van der Waals surface area contributed by atoms with Crippen molar-refractivity contribution in [3.8, 4) is 0 Å². The van der Waals surface area contributed by atoms with Crippen LogP contribution >= 0.6 is 0 Å². The smallest absolute Gasteiger partial charge is 0.0173 e. The Kier molecular flexibility index (Phi) is 10.1. The summed E-state index contributed by atoms with van der Waals surface area (Å²) in [4.78, 5) is 11.7. The van der Waals surface area contributed by atoms with E-state index in [1.165, 1.54) is 77.4 Å². The predicted octanol–water partition coefficient (Wildman–Crippen LogP) is 8.58. The van der Waals surface area contributed by atoms with Gasteiger partial charge in [0.15, 0.2) is 0 Å². The highest BCUT2D eigenvalue weighted by molar-refractivity contribution is 5.11. The van der Waals surface area contributed by atoms with Gasteiger partial charge < -0.3 is 0 Å². The van der Waals surface area contributed by atoms with Crippen LogP contribution in [0.5, 0.6) is 0 Å². The van der Waals surface area contributed by atoms with Crippen LogP contribution < -0.4 is 0 Å². The Labute approximate surface area is 252 Å². The van der Waals surface area contributed by atoms with E-state index in [2.05, 4.69) is 123 Å². The van der Waals surface area contributed by atoms with Crippen molar-refractivity contribution in [1.82, 2.24) is 19.6 Å². The Hall–Kier alpha value is -0.160. The zero-order valence-electron chi connectivity index (χ0n) is 30.0. The summed E-state index contributed by atoms with van der Waals surface area (Å²) in [7, 11) is 0. The van der Waals surface area contributed by atoms with Crippen LogP contribution in [0.1, 0.15) is 162 Å². The first-order chi connectivity index (χ1) is 18.1. The van der Waals surface area contributed by atoms with Crippen molar-refractivity contribution < 1.29 is 0 Å². The number of likely N-dealkylation sites (tertiary alicyclic amines) is 3. The van der Waals surface area contributed by atoms with Crippen LogP contribution in [-0.4, -0.2) is 90.6 Å². The standard InChI is InChI=1S/C36H72N4/c1-16-19-37-31(4,5)22-28(23-32(37,6)7)40(29-24-33(8,9)38(20-17-2)34(10,11)25-29)30-26-35(12,13)39(21-18-3)36(14,15)27-30/h28-30H,16-27H2,1-15H3. The van der Waals surface area contributed by atoms with Gasteiger partial charge in [0.2, 0.25) is 0 Å². The van der Waals surface area contributed by atoms with Gasteiger partial charge in [0.25, 0.3) is 0 Å². The van der Waals surface area contributed by atoms with E-state index in [0.717, 1.165) is 0 Å². The summed E-state index contributed by atoms with van der Waals surface area (Å²) in [6.45, 7) is 41.2. The molecule has 0 spiro atoms. The molecule has 0 N–H and O–H groups in total. The molecular formula is C36H72N4. The van der Waals surface area contributed by atoms with Gasteiger partial charge in [-0.25, -0.2) is 0 Å². The zero-order valence-corrected chi connectivity index (χ0v) is 30.0. The molecule has 3 saturated heterocycles. The van der Waals surface area contributed by atoms with Crippen LogP contribution in [0.3, 0.4) is 0 Å². The number of hydrogen-bond donors (Lipinski definition) is 0. The molecule has 0 aromatic rings. The van der Waals surface area contributed by atoms with Gasteiger partial charge in [-0.3, -0.25) is 19.6 Å². The lowest BCUT2D eigenvalue weighted by atomic mass is 9.70. The summed E-state index contributed by atoms with van der Waals surface area (Å²) in [5.74, 6) is 0. The van der Waals surface area contributed by atoms with Crippen molar-refractivity contribution in [2.24, 2.45) is 0 Å². The van der Waals surface area contributed by atoms with Gasteiger partial charge in [0, 0.05) is 51.4 Å². The van der Waals surface area contributed by atoms with Crippen LogP contribution in [0.15, 0.2) is 0 Å². The third-order valence-corrected chi connectivity index (χ3v) is 11.4. The molecule has 4 nitrogen and oxygen atoms in total. The molecule has 3 aliphatic heterocycles. The highest BCUT2D eigenvalue weighted by Gasteiger charge is 2.55. The van der Waals surface area contributed by atoms with Crippen LogP contribution in [0.2, 0.25) is 0 Å². The lowest BCUT2D eigenvalue weighted by molar-refractivity contribution is -0.141. The van der Waals surface area contributed by atoms with Crippen molar-refractivity contribution in [3.05, 3.63) is 0 Å². The molecular weight excluding hydrogens is 488 g/mol. The fourth-order valence-corrected chi connectivity index (χ4v) is 10.8. The Morgan fingerprint density at radius 2 is 0.575 bits per heavy atom. The minimum Gasteiger partial charge on any atom is -0.294 e. The number of hydrogen-bond acceptors (Lipinski definition) is 4. The van der Waals surface area contributed by atoms with E-state index in [4.69, 9.17) is 0 Å². The summed E-state index contributed by atoms with van der Waals surface area (Å²) >= 11 is 0. The van der Waals surface area contributed by atoms with E-state index >= 15 is 0 Å². The minimum absolute atomic E-state index is 0.211. The second-order valence-electron chi connectivity index (χ2n) is 18.0. The van der Waals surface area contributed by atoms with E-state index in [1.807, 2.05) is 0 Å². The first-order valence-electron chi connectivity index (χ1n) is 17.3. The Morgan fingerprint density at radius 3 is 0.725 bits per heavy atom. The molecule has 0 atom stereocenters. The number of nitrogens with zero attached hydrogens (tertiary/aromatic N) is 4. The molecule has 0 radical (unpaired) electrons. The Balaban J connectivity index is 2.09. The fraction of sp³-hybridized carbons (Fsp3) is 1.00. The highest BCUT2D eigenvalue weighted by Crippen LogP contribution is 2.49. The third-order valence-electron chi connectivity index (χ3n) is 11.4. The van der Waals surface area contributed by atoms with Crippen LogP contribution in [0, 0.1) is 0 Å². The molecule has 4 heteroatoms. The van der Waals surface area contributed by atoms with Crippen molar-refractivity contribution in [3.63, 3.8) is 0 Å². The number of rotatable bonds is 9. The molecule has 236 valence electrons. The SMILES string of the molecule is CCCN1C(C)(C)CC(N(C2CC(C)(C)N(CCC)C(C)(C)C2)C2CC(C)(C)N(CCC)C(C)(C)C2)CC1(C)C. The Bertz CT molecular complexity index is 674. The third kappa shape index (κ3) is 6.81. The van der Waals surface area contributed by atoms with Crippen LogP contribution in [-0.2, 0) is 0 Å². The van der Waals surface area contributed by atoms with E-state index in [9.17, 15) is 0 Å². The van der Waals surface area contributed by atoms with Crippen molar-refractivity contribution in [1.29, 1.82) is 0 Å². The average molecular weight is 561 g/mol. The maximum Gasteiger partial charge on any atom is 0.0173 e. The maximum absolute atomic E-state index is 3.19. The summed E-state index contributed by atoms with van der Waals surface area (Å²) < 4.78 is 0. The minimum atomic E-state index is 0.211. The molecule has 0 unspecified atom stereocenters. The molecule has 0 saturated carbocycles. The maximum atomic E-state index is 3.19. The van der Waals surface area contributed by atoms with Gasteiger partial charge in [-0.2, -0.15) is 0 Å². The van der Waals surface area contributed by atoms with E-state index in [1.54, 1.807) is 0 Å². The number of piperidine rings is 3. The molecule has 3 fully saturated rings. The Morgan fingerprint density at radius 1 is 0.400 bits per heavy atom. The van der Waals surface area contributed by atoms with Gasteiger partial charge in [0.05, 0.1) is 0 Å². The molecule has 40 heavy (non-hydrogen) atoms. The van der Waals surface area contributed by atoms with E-state index < -0.39 is 0 Å². The second kappa shape index (κ2) is 11.7. The van der Waals surface area contributed by atoms with Gasteiger partial charge in [0.1, 0.15) is 0 Å². The fourth-order valence-electron chi connectivity index (χ4n) is 10.8. The molecule has 3 rings (SSSR count).